The van der Waals surface area contributed by atoms with E-state index in [2.05, 4.69) is 5.32 Å². The standard InChI is InChI=1S/C20H23NO6/c1-4-27-20(24)17(18(22)13-8-6-5-7-9-13)21-19(23)14-10-15(25-2)12-16(11-14)26-3/h5-12,17-18,22H,4H2,1-3H3,(H,21,23). The molecule has 0 aliphatic carbocycles. The van der Waals surface area contributed by atoms with Crippen LogP contribution >= 0.6 is 0 Å². The van der Waals surface area contributed by atoms with Crippen LogP contribution in [0.15, 0.2) is 48.5 Å². The number of nitrogens with one attached hydrogen (secondary N) is 1. The number of aliphatic hydroxyl groups excluding tert-OH is 1. The van der Waals surface area contributed by atoms with E-state index < -0.39 is 24.0 Å². The van der Waals surface area contributed by atoms with Crippen LogP contribution in [0.2, 0.25) is 0 Å². The minimum atomic E-state index is -1.27. The Balaban J connectivity index is 2.29. The second-order valence-corrected chi connectivity index (χ2v) is 5.66. The zero-order valence-electron chi connectivity index (χ0n) is 15.5. The van der Waals surface area contributed by atoms with Crippen molar-refractivity contribution < 1.29 is 28.9 Å². The lowest BCUT2D eigenvalue weighted by Crippen LogP contribution is -2.46. The van der Waals surface area contributed by atoms with E-state index in [1.165, 1.54) is 26.4 Å². The maximum absolute atomic E-state index is 12.7. The molecule has 2 N–H and O–H groups in total. The van der Waals surface area contributed by atoms with E-state index in [1.807, 2.05) is 0 Å². The van der Waals surface area contributed by atoms with Crippen molar-refractivity contribution in [3.05, 3.63) is 59.7 Å². The molecule has 0 bridgehead atoms. The zero-order chi connectivity index (χ0) is 19.8. The van der Waals surface area contributed by atoms with Gasteiger partial charge in [0.2, 0.25) is 0 Å². The van der Waals surface area contributed by atoms with Crippen LogP contribution in [0.4, 0.5) is 0 Å². The van der Waals surface area contributed by atoms with Crippen LogP contribution in [-0.2, 0) is 9.53 Å². The van der Waals surface area contributed by atoms with Crippen molar-refractivity contribution in [3.8, 4) is 11.5 Å². The van der Waals surface area contributed by atoms with Crippen molar-refractivity contribution >= 4 is 11.9 Å². The van der Waals surface area contributed by atoms with E-state index in [-0.39, 0.29) is 12.2 Å². The Morgan fingerprint density at radius 1 is 1.04 bits per heavy atom. The molecule has 0 aliphatic heterocycles. The Labute approximate surface area is 157 Å². The van der Waals surface area contributed by atoms with Crippen molar-refractivity contribution in [2.75, 3.05) is 20.8 Å². The van der Waals surface area contributed by atoms with Gasteiger partial charge in [-0.25, -0.2) is 4.79 Å². The second-order valence-electron chi connectivity index (χ2n) is 5.66. The van der Waals surface area contributed by atoms with E-state index in [1.54, 1.807) is 43.3 Å². The van der Waals surface area contributed by atoms with Gasteiger partial charge in [0.05, 0.1) is 20.8 Å². The van der Waals surface area contributed by atoms with E-state index in [9.17, 15) is 14.7 Å². The largest absolute Gasteiger partial charge is 0.497 e. The number of carbonyl (C=O) groups excluding carboxylic acids is 2. The number of carbonyl (C=O) groups is 2. The van der Waals surface area contributed by atoms with Gasteiger partial charge in [0.15, 0.2) is 6.04 Å². The third-order valence-corrected chi connectivity index (χ3v) is 3.90. The van der Waals surface area contributed by atoms with Crippen molar-refractivity contribution in [3.63, 3.8) is 0 Å². The molecule has 0 saturated heterocycles. The molecule has 7 nitrogen and oxygen atoms in total. The molecule has 2 aromatic rings. The molecule has 2 rings (SSSR count). The first-order valence-electron chi connectivity index (χ1n) is 8.43. The van der Waals surface area contributed by atoms with Gasteiger partial charge in [0.25, 0.3) is 5.91 Å². The maximum atomic E-state index is 12.7. The smallest absolute Gasteiger partial charge is 0.331 e. The highest BCUT2D eigenvalue weighted by molar-refractivity contribution is 5.97. The van der Waals surface area contributed by atoms with E-state index in [4.69, 9.17) is 14.2 Å². The molecule has 0 aliphatic rings. The van der Waals surface area contributed by atoms with Crippen molar-refractivity contribution in [2.45, 2.75) is 19.1 Å². The number of ether oxygens (including phenoxy) is 3. The van der Waals surface area contributed by atoms with Gasteiger partial charge in [0.1, 0.15) is 17.6 Å². The quantitative estimate of drug-likeness (QED) is 0.688. The Morgan fingerprint density at radius 3 is 2.15 bits per heavy atom. The third kappa shape index (κ3) is 5.21. The summed E-state index contributed by atoms with van der Waals surface area (Å²) >= 11 is 0. The predicted molar refractivity (Wildman–Crippen MR) is 98.8 cm³/mol. The highest BCUT2D eigenvalue weighted by Gasteiger charge is 2.31. The van der Waals surface area contributed by atoms with Crippen LogP contribution in [0.5, 0.6) is 11.5 Å². The molecule has 0 aromatic heterocycles. The number of esters is 1. The highest BCUT2D eigenvalue weighted by atomic mass is 16.5. The molecular weight excluding hydrogens is 350 g/mol. The molecule has 1 amide bonds. The summed E-state index contributed by atoms with van der Waals surface area (Å²) in [5.41, 5.74) is 0.708. The fourth-order valence-electron chi connectivity index (χ4n) is 2.50. The summed E-state index contributed by atoms with van der Waals surface area (Å²) in [6.07, 6.45) is -1.26. The Bertz CT molecular complexity index is 755. The summed E-state index contributed by atoms with van der Waals surface area (Å²) in [6.45, 7) is 1.78. The van der Waals surface area contributed by atoms with Crippen LogP contribution in [-0.4, -0.2) is 43.9 Å². The molecule has 2 atom stereocenters. The van der Waals surface area contributed by atoms with Gasteiger partial charge in [-0.3, -0.25) is 4.79 Å². The number of rotatable bonds is 8. The number of hydrogen-bond donors (Lipinski definition) is 2. The minimum Gasteiger partial charge on any atom is -0.497 e. The number of benzene rings is 2. The van der Waals surface area contributed by atoms with Crippen LogP contribution in [0.3, 0.4) is 0 Å². The van der Waals surface area contributed by atoms with Gasteiger partial charge in [-0.1, -0.05) is 30.3 Å². The van der Waals surface area contributed by atoms with Crippen molar-refractivity contribution in [1.82, 2.24) is 5.32 Å². The van der Waals surface area contributed by atoms with Crippen LogP contribution < -0.4 is 14.8 Å². The first-order valence-corrected chi connectivity index (χ1v) is 8.43. The zero-order valence-corrected chi connectivity index (χ0v) is 15.5. The average Bonchev–Trinajstić information content (AvgIpc) is 2.71. The van der Waals surface area contributed by atoms with Crippen LogP contribution in [0.25, 0.3) is 0 Å². The number of hydrogen-bond acceptors (Lipinski definition) is 6. The predicted octanol–water partition coefficient (Wildman–Crippen LogP) is 2.10. The Morgan fingerprint density at radius 2 is 1.63 bits per heavy atom. The summed E-state index contributed by atoms with van der Waals surface area (Å²) in [4.78, 5) is 25.0. The van der Waals surface area contributed by atoms with Gasteiger partial charge in [0, 0.05) is 11.6 Å². The van der Waals surface area contributed by atoms with Gasteiger partial charge >= 0.3 is 5.97 Å². The summed E-state index contributed by atoms with van der Waals surface area (Å²) < 4.78 is 15.3. The molecule has 144 valence electrons. The van der Waals surface area contributed by atoms with Crippen LogP contribution in [0, 0.1) is 0 Å². The van der Waals surface area contributed by atoms with Gasteiger partial charge in [-0.15, -0.1) is 0 Å². The lowest BCUT2D eigenvalue weighted by molar-refractivity contribution is -0.148. The lowest BCUT2D eigenvalue weighted by Gasteiger charge is -2.23. The topological polar surface area (TPSA) is 94.1 Å². The normalized spacial score (nSPS) is 12.6. The SMILES string of the molecule is CCOC(=O)C(NC(=O)c1cc(OC)cc(OC)c1)C(O)c1ccccc1. The third-order valence-electron chi connectivity index (χ3n) is 3.90. The van der Waals surface area contributed by atoms with Gasteiger partial charge < -0.3 is 24.6 Å². The molecule has 2 aromatic carbocycles. The van der Waals surface area contributed by atoms with Crippen molar-refractivity contribution in [2.24, 2.45) is 0 Å². The summed E-state index contributed by atoms with van der Waals surface area (Å²) in [7, 11) is 2.94. The van der Waals surface area contributed by atoms with Gasteiger partial charge in [-0.2, -0.15) is 0 Å². The van der Waals surface area contributed by atoms with E-state index in [0.29, 0.717) is 17.1 Å². The molecule has 0 saturated carbocycles. The minimum absolute atomic E-state index is 0.125. The second kappa shape index (κ2) is 9.59. The molecule has 27 heavy (non-hydrogen) atoms. The molecular formula is C20H23NO6. The number of amides is 1. The molecule has 0 heterocycles. The first-order chi connectivity index (χ1) is 13.0. The Hall–Kier alpha value is -3.06. The fourth-order valence-corrected chi connectivity index (χ4v) is 2.50. The van der Waals surface area contributed by atoms with E-state index in [0.717, 1.165) is 0 Å². The first kappa shape index (κ1) is 20.3. The summed E-state index contributed by atoms with van der Waals surface area (Å²) in [5.74, 6) is -0.441. The molecule has 0 spiro atoms. The summed E-state index contributed by atoms with van der Waals surface area (Å²) in [5, 5.41) is 13.2. The fraction of sp³-hybridized carbons (Fsp3) is 0.300. The summed E-state index contributed by atoms with van der Waals surface area (Å²) in [6, 6.07) is 12.0. The van der Waals surface area contributed by atoms with E-state index >= 15 is 0 Å². The molecule has 2 unspecified atom stereocenters. The molecule has 0 fully saturated rings. The van der Waals surface area contributed by atoms with Crippen LogP contribution in [0.1, 0.15) is 28.9 Å². The Kier molecular flexibility index (Phi) is 7.19. The maximum Gasteiger partial charge on any atom is 0.331 e. The lowest BCUT2D eigenvalue weighted by atomic mass is 10.0. The average molecular weight is 373 g/mol. The number of methoxy groups -OCH3 is 2. The molecule has 0 radical (unpaired) electrons. The number of aliphatic hydroxyl groups is 1. The van der Waals surface area contributed by atoms with Gasteiger partial charge in [-0.05, 0) is 24.6 Å². The highest BCUT2D eigenvalue weighted by Crippen LogP contribution is 2.23. The monoisotopic (exact) mass is 373 g/mol. The van der Waals surface area contributed by atoms with Crippen molar-refractivity contribution in [1.29, 1.82) is 0 Å². The molecule has 7 heteroatoms.